The van der Waals surface area contributed by atoms with Gasteiger partial charge in [-0.25, -0.2) is 0 Å². The summed E-state index contributed by atoms with van der Waals surface area (Å²) in [5, 5.41) is 17.1. The van der Waals surface area contributed by atoms with Crippen LogP contribution in [0, 0.1) is 10.1 Å². The van der Waals surface area contributed by atoms with Gasteiger partial charge >= 0.3 is 0 Å². The molecule has 2 N–H and O–H groups in total. The molecular weight excluding hydrogens is 294 g/mol. The van der Waals surface area contributed by atoms with Crippen molar-refractivity contribution in [2.75, 3.05) is 13.1 Å². The van der Waals surface area contributed by atoms with Crippen molar-refractivity contribution in [1.29, 1.82) is 0 Å². The van der Waals surface area contributed by atoms with Crippen LogP contribution in [0.4, 0.5) is 5.69 Å². The summed E-state index contributed by atoms with van der Waals surface area (Å²) < 4.78 is 0. The molecule has 0 spiro atoms. The number of carbonyl (C=O) groups excluding carboxylic acids is 1. The van der Waals surface area contributed by atoms with E-state index in [9.17, 15) is 14.9 Å². The lowest BCUT2D eigenvalue weighted by Crippen LogP contribution is -2.45. The molecule has 0 bridgehead atoms. The minimum absolute atomic E-state index is 0. The minimum Gasteiger partial charge on any atom is -0.348 e. The SMILES string of the molecule is CCc1ccc(C(=O)NC2CCCNC2)cc1[N+](=O)[O-].Cl. The average molecular weight is 314 g/mol. The highest BCUT2D eigenvalue weighted by atomic mass is 35.5. The Hall–Kier alpha value is -1.66. The lowest BCUT2D eigenvalue weighted by atomic mass is 10.0. The lowest BCUT2D eigenvalue weighted by Gasteiger charge is -2.23. The average Bonchev–Trinajstić information content (AvgIpc) is 2.47. The van der Waals surface area contributed by atoms with Gasteiger partial charge in [-0.2, -0.15) is 0 Å². The smallest absolute Gasteiger partial charge is 0.273 e. The Balaban J connectivity index is 0.00000220. The van der Waals surface area contributed by atoms with E-state index in [-0.39, 0.29) is 30.0 Å². The predicted molar refractivity (Wildman–Crippen MR) is 83.1 cm³/mol. The molecule has 2 rings (SSSR count). The van der Waals surface area contributed by atoms with E-state index in [1.165, 1.54) is 6.07 Å². The van der Waals surface area contributed by atoms with Crippen molar-refractivity contribution in [1.82, 2.24) is 10.6 Å². The lowest BCUT2D eigenvalue weighted by molar-refractivity contribution is -0.385. The molecule has 0 saturated carbocycles. The van der Waals surface area contributed by atoms with Crippen LogP contribution >= 0.6 is 12.4 Å². The van der Waals surface area contributed by atoms with E-state index in [0.717, 1.165) is 25.9 Å². The monoisotopic (exact) mass is 313 g/mol. The Labute approximate surface area is 129 Å². The fraction of sp³-hybridized carbons (Fsp3) is 0.500. The van der Waals surface area contributed by atoms with Gasteiger partial charge in [0.25, 0.3) is 11.6 Å². The summed E-state index contributed by atoms with van der Waals surface area (Å²) in [7, 11) is 0. The van der Waals surface area contributed by atoms with Crippen LogP contribution in [0.25, 0.3) is 0 Å². The Morgan fingerprint density at radius 1 is 1.52 bits per heavy atom. The fourth-order valence-electron chi connectivity index (χ4n) is 2.42. The number of hydrogen-bond donors (Lipinski definition) is 2. The number of halogens is 1. The number of nitro benzene ring substituents is 1. The molecule has 6 nitrogen and oxygen atoms in total. The zero-order valence-corrected chi connectivity index (χ0v) is 12.7. The molecule has 0 aromatic heterocycles. The van der Waals surface area contributed by atoms with Gasteiger partial charge < -0.3 is 10.6 Å². The van der Waals surface area contributed by atoms with Crippen molar-refractivity contribution in [3.63, 3.8) is 0 Å². The van der Waals surface area contributed by atoms with Gasteiger partial charge in [-0.3, -0.25) is 14.9 Å². The minimum atomic E-state index is -0.433. The first-order valence-corrected chi connectivity index (χ1v) is 6.90. The number of amides is 1. The molecule has 0 aliphatic carbocycles. The Morgan fingerprint density at radius 3 is 2.86 bits per heavy atom. The maximum absolute atomic E-state index is 12.1. The highest BCUT2D eigenvalue weighted by molar-refractivity contribution is 5.95. The van der Waals surface area contributed by atoms with Crippen LogP contribution in [0.15, 0.2) is 18.2 Å². The van der Waals surface area contributed by atoms with E-state index in [4.69, 9.17) is 0 Å². The maximum atomic E-state index is 12.1. The summed E-state index contributed by atoms with van der Waals surface area (Å²) >= 11 is 0. The molecule has 1 aliphatic rings. The molecule has 1 aromatic carbocycles. The molecule has 1 saturated heterocycles. The topological polar surface area (TPSA) is 84.3 Å². The van der Waals surface area contributed by atoms with Crippen LogP contribution in [-0.4, -0.2) is 30.0 Å². The Morgan fingerprint density at radius 2 is 2.29 bits per heavy atom. The molecule has 116 valence electrons. The van der Waals surface area contributed by atoms with E-state index >= 15 is 0 Å². The fourth-order valence-corrected chi connectivity index (χ4v) is 2.42. The Kier molecular flexibility index (Phi) is 6.58. The number of aryl methyl sites for hydroxylation is 1. The van der Waals surface area contributed by atoms with Crippen LogP contribution in [0.5, 0.6) is 0 Å². The van der Waals surface area contributed by atoms with Gasteiger partial charge in [0.1, 0.15) is 0 Å². The molecule has 1 unspecified atom stereocenters. The molecule has 21 heavy (non-hydrogen) atoms. The van der Waals surface area contributed by atoms with Gasteiger partial charge in [-0.05, 0) is 31.9 Å². The quantitative estimate of drug-likeness (QED) is 0.658. The summed E-state index contributed by atoms with van der Waals surface area (Å²) in [4.78, 5) is 22.7. The number of piperidine rings is 1. The van der Waals surface area contributed by atoms with Crippen molar-refractivity contribution >= 4 is 24.0 Å². The number of nitrogens with zero attached hydrogens (tertiary/aromatic N) is 1. The maximum Gasteiger partial charge on any atom is 0.273 e. The number of nitrogens with one attached hydrogen (secondary N) is 2. The molecule has 1 atom stereocenters. The standard InChI is InChI=1S/C14H19N3O3.ClH/c1-2-10-5-6-11(8-13(10)17(19)20)14(18)16-12-4-3-7-15-9-12;/h5-6,8,12,15H,2-4,7,9H2,1H3,(H,16,18);1H. The summed E-state index contributed by atoms with van der Waals surface area (Å²) in [6.45, 7) is 3.58. The predicted octanol–water partition coefficient (Wildman–Crippen LogP) is 2.06. The molecule has 7 heteroatoms. The molecule has 1 amide bonds. The van der Waals surface area contributed by atoms with Crippen molar-refractivity contribution in [3.8, 4) is 0 Å². The van der Waals surface area contributed by atoms with Crippen LogP contribution in [-0.2, 0) is 6.42 Å². The first kappa shape index (κ1) is 17.4. The first-order chi connectivity index (χ1) is 9.61. The van der Waals surface area contributed by atoms with E-state index < -0.39 is 4.92 Å². The van der Waals surface area contributed by atoms with Crippen LogP contribution < -0.4 is 10.6 Å². The normalized spacial score (nSPS) is 17.7. The van der Waals surface area contributed by atoms with Crippen LogP contribution in [0.2, 0.25) is 0 Å². The molecule has 1 fully saturated rings. The van der Waals surface area contributed by atoms with Gasteiger partial charge in [0.15, 0.2) is 0 Å². The highest BCUT2D eigenvalue weighted by Gasteiger charge is 2.19. The number of nitro groups is 1. The third kappa shape index (κ3) is 4.41. The molecule has 0 radical (unpaired) electrons. The summed E-state index contributed by atoms with van der Waals surface area (Å²) in [5.41, 5.74) is 1.01. The first-order valence-electron chi connectivity index (χ1n) is 6.90. The number of hydrogen-bond acceptors (Lipinski definition) is 4. The van der Waals surface area contributed by atoms with Crippen LogP contribution in [0.1, 0.15) is 35.7 Å². The van der Waals surface area contributed by atoms with E-state index in [1.54, 1.807) is 12.1 Å². The second-order valence-electron chi connectivity index (χ2n) is 4.97. The van der Waals surface area contributed by atoms with E-state index in [1.807, 2.05) is 6.92 Å². The molecule has 1 heterocycles. The summed E-state index contributed by atoms with van der Waals surface area (Å²) in [6.07, 6.45) is 2.54. The van der Waals surface area contributed by atoms with Crippen molar-refractivity contribution in [3.05, 3.63) is 39.4 Å². The van der Waals surface area contributed by atoms with E-state index in [0.29, 0.717) is 17.5 Å². The van der Waals surface area contributed by atoms with Gasteiger partial charge in [0, 0.05) is 29.8 Å². The molecule has 1 aliphatic heterocycles. The number of rotatable bonds is 4. The number of carbonyl (C=O) groups is 1. The van der Waals surface area contributed by atoms with Crippen molar-refractivity contribution in [2.45, 2.75) is 32.2 Å². The summed E-state index contributed by atoms with van der Waals surface area (Å²) in [5.74, 6) is -0.246. The van der Waals surface area contributed by atoms with Crippen molar-refractivity contribution in [2.24, 2.45) is 0 Å². The van der Waals surface area contributed by atoms with Crippen molar-refractivity contribution < 1.29 is 9.72 Å². The largest absolute Gasteiger partial charge is 0.348 e. The molecule has 1 aromatic rings. The zero-order valence-electron chi connectivity index (χ0n) is 11.9. The third-order valence-corrected chi connectivity index (χ3v) is 3.56. The summed E-state index contributed by atoms with van der Waals surface area (Å²) in [6, 6.07) is 4.77. The van der Waals surface area contributed by atoms with E-state index in [2.05, 4.69) is 10.6 Å². The third-order valence-electron chi connectivity index (χ3n) is 3.56. The Bertz CT molecular complexity index is 516. The van der Waals surface area contributed by atoms with Crippen LogP contribution in [0.3, 0.4) is 0 Å². The second kappa shape index (κ2) is 7.95. The second-order valence-corrected chi connectivity index (χ2v) is 4.97. The van der Waals surface area contributed by atoms with Gasteiger partial charge in [-0.1, -0.05) is 13.0 Å². The zero-order chi connectivity index (χ0) is 14.5. The highest BCUT2D eigenvalue weighted by Crippen LogP contribution is 2.21. The van der Waals surface area contributed by atoms with Gasteiger partial charge in [0.05, 0.1) is 4.92 Å². The molecular formula is C14H20ClN3O3. The number of benzene rings is 1. The van der Waals surface area contributed by atoms with Gasteiger partial charge in [0.2, 0.25) is 0 Å². The van der Waals surface area contributed by atoms with Gasteiger partial charge in [-0.15, -0.1) is 12.4 Å².